The summed E-state index contributed by atoms with van der Waals surface area (Å²) in [6.07, 6.45) is 3.67. The molecule has 31 heavy (non-hydrogen) atoms. The summed E-state index contributed by atoms with van der Waals surface area (Å²) in [5.41, 5.74) is 4.41. The Balaban J connectivity index is 1.53. The van der Waals surface area contributed by atoms with Crippen molar-refractivity contribution in [1.82, 2.24) is 14.8 Å². The SMILES string of the molecule is Cc1ccc2nc(N(CC3CCCO3)C(=O)c3cnn(-c4ccccc4)c3C)sc2c1. The van der Waals surface area contributed by atoms with E-state index in [1.165, 1.54) is 5.56 Å². The van der Waals surface area contributed by atoms with E-state index in [1.54, 1.807) is 27.1 Å². The summed E-state index contributed by atoms with van der Waals surface area (Å²) in [7, 11) is 0. The third-order valence-electron chi connectivity index (χ3n) is 5.66. The van der Waals surface area contributed by atoms with E-state index in [4.69, 9.17) is 9.72 Å². The van der Waals surface area contributed by atoms with Gasteiger partial charge < -0.3 is 4.74 Å². The molecule has 2 aromatic heterocycles. The molecule has 7 heteroatoms. The second-order valence-corrected chi connectivity index (χ2v) is 8.92. The minimum Gasteiger partial charge on any atom is -0.376 e. The summed E-state index contributed by atoms with van der Waals surface area (Å²) in [5.74, 6) is -0.0917. The fraction of sp³-hybridized carbons (Fsp3) is 0.292. The zero-order chi connectivity index (χ0) is 21.4. The molecule has 5 rings (SSSR count). The van der Waals surface area contributed by atoms with Crippen LogP contribution < -0.4 is 4.90 Å². The molecule has 3 heterocycles. The first-order valence-corrected chi connectivity index (χ1v) is 11.3. The van der Waals surface area contributed by atoms with E-state index in [1.807, 2.05) is 49.4 Å². The Morgan fingerprint density at radius 1 is 1.23 bits per heavy atom. The number of para-hydroxylation sites is 1. The van der Waals surface area contributed by atoms with Crippen LogP contribution in [0.3, 0.4) is 0 Å². The smallest absolute Gasteiger partial charge is 0.263 e. The Kier molecular flexibility index (Phi) is 5.29. The molecule has 0 radical (unpaired) electrons. The highest BCUT2D eigenvalue weighted by atomic mass is 32.1. The molecule has 2 aromatic carbocycles. The summed E-state index contributed by atoms with van der Waals surface area (Å²) in [4.78, 5) is 20.3. The Morgan fingerprint density at radius 2 is 2.06 bits per heavy atom. The molecule has 1 amide bonds. The molecular formula is C24H24N4O2S. The number of carbonyl (C=O) groups is 1. The molecule has 1 aliphatic heterocycles. The summed E-state index contributed by atoms with van der Waals surface area (Å²) in [6.45, 7) is 5.24. The van der Waals surface area contributed by atoms with E-state index < -0.39 is 0 Å². The normalized spacial score (nSPS) is 16.1. The van der Waals surface area contributed by atoms with E-state index >= 15 is 0 Å². The van der Waals surface area contributed by atoms with Gasteiger partial charge >= 0.3 is 0 Å². The number of ether oxygens (including phenoxy) is 1. The number of benzene rings is 2. The van der Waals surface area contributed by atoms with Gasteiger partial charge in [-0.3, -0.25) is 9.69 Å². The minimum absolute atomic E-state index is 0.0298. The maximum Gasteiger partial charge on any atom is 0.263 e. The molecule has 1 atom stereocenters. The Hall–Kier alpha value is -3.03. The van der Waals surface area contributed by atoms with Crippen molar-refractivity contribution in [2.24, 2.45) is 0 Å². The van der Waals surface area contributed by atoms with Gasteiger partial charge in [0, 0.05) is 6.61 Å². The molecule has 1 fully saturated rings. The van der Waals surface area contributed by atoms with Crippen LogP contribution >= 0.6 is 11.3 Å². The van der Waals surface area contributed by atoms with Crippen molar-refractivity contribution in [2.45, 2.75) is 32.8 Å². The lowest BCUT2D eigenvalue weighted by Gasteiger charge is -2.23. The third kappa shape index (κ3) is 3.86. The fourth-order valence-electron chi connectivity index (χ4n) is 3.97. The number of anilines is 1. The number of hydrogen-bond acceptors (Lipinski definition) is 5. The predicted molar refractivity (Wildman–Crippen MR) is 123 cm³/mol. The lowest BCUT2D eigenvalue weighted by Crippen LogP contribution is -2.37. The molecule has 1 unspecified atom stereocenters. The molecule has 1 saturated heterocycles. The van der Waals surface area contributed by atoms with Gasteiger partial charge in [0.1, 0.15) is 0 Å². The van der Waals surface area contributed by atoms with Crippen LogP contribution in [0.5, 0.6) is 0 Å². The van der Waals surface area contributed by atoms with Crippen LogP contribution in [0.2, 0.25) is 0 Å². The number of hydrogen-bond donors (Lipinski definition) is 0. The Bertz CT molecular complexity index is 1230. The summed E-state index contributed by atoms with van der Waals surface area (Å²) in [6, 6.07) is 16.0. The minimum atomic E-state index is -0.0917. The second kappa shape index (κ2) is 8.24. The van der Waals surface area contributed by atoms with Gasteiger partial charge in [0.15, 0.2) is 5.13 Å². The van der Waals surface area contributed by atoms with E-state index in [0.29, 0.717) is 17.2 Å². The highest BCUT2D eigenvalue weighted by Gasteiger charge is 2.29. The maximum atomic E-state index is 13.7. The molecule has 0 spiro atoms. The van der Waals surface area contributed by atoms with E-state index in [-0.39, 0.29) is 12.0 Å². The highest BCUT2D eigenvalue weighted by Crippen LogP contribution is 2.32. The van der Waals surface area contributed by atoms with Crippen LogP contribution in [0.15, 0.2) is 54.7 Å². The fourth-order valence-corrected chi connectivity index (χ4v) is 5.04. The largest absolute Gasteiger partial charge is 0.376 e. The topological polar surface area (TPSA) is 60.3 Å². The second-order valence-electron chi connectivity index (χ2n) is 7.91. The molecule has 6 nitrogen and oxygen atoms in total. The first-order chi connectivity index (χ1) is 15.1. The van der Waals surface area contributed by atoms with Crippen molar-refractivity contribution in [3.05, 3.63) is 71.5 Å². The van der Waals surface area contributed by atoms with Crippen molar-refractivity contribution in [3.63, 3.8) is 0 Å². The van der Waals surface area contributed by atoms with E-state index in [2.05, 4.69) is 18.1 Å². The molecule has 0 N–H and O–H groups in total. The van der Waals surface area contributed by atoms with Crippen molar-refractivity contribution < 1.29 is 9.53 Å². The average molecular weight is 433 g/mol. The summed E-state index contributed by atoms with van der Waals surface area (Å²) in [5, 5.41) is 5.19. The van der Waals surface area contributed by atoms with Crippen LogP contribution in [0.25, 0.3) is 15.9 Å². The van der Waals surface area contributed by atoms with Crippen LogP contribution in [0.1, 0.15) is 34.5 Å². The molecule has 0 aliphatic carbocycles. The van der Waals surface area contributed by atoms with Crippen LogP contribution in [-0.2, 0) is 4.74 Å². The molecular weight excluding hydrogens is 408 g/mol. The summed E-state index contributed by atoms with van der Waals surface area (Å²) >= 11 is 1.55. The van der Waals surface area contributed by atoms with Crippen molar-refractivity contribution in [3.8, 4) is 5.69 Å². The number of thiazole rings is 1. The van der Waals surface area contributed by atoms with E-state index in [0.717, 1.165) is 41.0 Å². The van der Waals surface area contributed by atoms with Gasteiger partial charge in [0.25, 0.3) is 5.91 Å². The van der Waals surface area contributed by atoms with Crippen LogP contribution in [0.4, 0.5) is 5.13 Å². The number of aromatic nitrogens is 3. The maximum absolute atomic E-state index is 13.7. The highest BCUT2D eigenvalue weighted by molar-refractivity contribution is 7.22. The van der Waals surface area contributed by atoms with Crippen LogP contribution in [0, 0.1) is 13.8 Å². The predicted octanol–water partition coefficient (Wildman–Crippen LogP) is 4.92. The Morgan fingerprint density at radius 3 is 2.84 bits per heavy atom. The van der Waals surface area contributed by atoms with Gasteiger partial charge in [-0.2, -0.15) is 5.10 Å². The average Bonchev–Trinajstić information content (AvgIpc) is 3.51. The lowest BCUT2D eigenvalue weighted by atomic mass is 10.2. The molecule has 158 valence electrons. The quantitative estimate of drug-likeness (QED) is 0.449. The third-order valence-corrected chi connectivity index (χ3v) is 6.70. The van der Waals surface area contributed by atoms with Crippen molar-refractivity contribution >= 4 is 32.6 Å². The number of rotatable bonds is 5. The van der Waals surface area contributed by atoms with Gasteiger partial charge in [-0.05, 0) is 56.5 Å². The van der Waals surface area contributed by atoms with Gasteiger partial charge in [-0.1, -0.05) is 35.6 Å². The monoisotopic (exact) mass is 432 g/mol. The van der Waals surface area contributed by atoms with Crippen molar-refractivity contribution in [2.75, 3.05) is 18.1 Å². The lowest BCUT2D eigenvalue weighted by molar-refractivity contribution is 0.0917. The van der Waals surface area contributed by atoms with Gasteiger partial charge in [0.05, 0.1) is 46.0 Å². The zero-order valence-corrected chi connectivity index (χ0v) is 18.4. The van der Waals surface area contributed by atoms with E-state index in [9.17, 15) is 4.79 Å². The van der Waals surface area contributed by atoms with Gasteiger partial charge in [-0.15, -0.1) is 0 Å². The number of amides is 1. The zero-order valence-electron chi connectivity index (χ0n) is 17.6. The standard InChI is InChI=1S/C24H24N4O2S/c1-16-10-11-21-22(13-16)31-24(26-21)27(15-19-9-6-12-30-19)23(29)20-14-25-28(17(20)2)18-7-4-3-5-8-18/h3-5,7-8,10-11,13-14,19H,6,9,12,15H2,1-2H3. The number of aryl methyl sites for hydroxylation is 1. The molecule has 4 aromatic rings. The van der Waals surface area contributed by atoms with Crippen LogP contribution in [-0.4, -0.2) is 39.9 Å². The van der Waals surface area contributed by atoms with Gasteiger partial charge in [-0.25, -0.2) is 9.67 Å². The number of nitrogens with zero attached hydrogens (tertiary/aromatic N) is 4. The molecule has 0 bridgehead atoms. The van der Waals surface area contributed by atoms with Crippen molar-refractivity contribution in [1.29, 1.82) is 0 Å². The number of carbonyl (C=O) groups excluding carboxylic acids is 1. The number of fused-ring (bicyclic) bond motifs is 1. The Labute approximate surface area is 185 Å². The summed E-state index contributed by atoms with van der Waals surface area (Å²) < 4.78 is 8.74. The first-order valence-electron chi connectivity index (χ1n) is 10.5. The van der Waals surface area contributed by atoms with Gasteiger partial charge in [0.2, 0.25) is 0 Å². The molecule has 1 aliphatic rings. The molecule has 0 saturated carbocycles. The first kappa shape index (κ1) is 19.9.